The van der Waals surface area contributed by atoms with Gasteiger partial charge in [-0.05, 0) is 0 Å². The zero-order valence-corrected chi connectivity index (χ0v) is 5.94. The van der Waals surface area contributed by atoms with E-state index in [4.69, 9.17) is 11.6 Å². The molecule has 4 atom stereocenters. The summed E-state index contributed by atoms with van der Waals surface area (Å²) < 4.78 is 7.42. The Morgan fingerprint density at radius 3 is 2.09 bits per heavy atom. The van der Waals surface area contributed by atoms with Crippen LogP contribution in [0.2, 0.25) is 0 Å². The summed E-state index contributed by atoms with van der Waals surface area (Å²) in [6, 6.07) is -2.41. The predicted octanol–water partition coefficient (Wildman–Crippen LogP) is -2.97. The Labute approximate surface area is 65.7 Å². The molecule has 5 heteroatoms. The van der Waals surface area contributed by atoms with Crippen molar-refractivity contribution in [3.63, 3.8) is 0 Å². The Morgan fingerprint density at radius 1 is 1.18 bits per heavy atom. The lowest BCUT2D eigenvalue weighted by atomic mass is 10.1. The molecule has 11 heavy (non-hydrogen) atoms. The summed E-state index contributed by atoms with van der Waals surface area (Å²) in [5.74, 6) is 0. The highest BCUT2D eigenvalue weighted by atomic mass is 16.3. The van der Waals surface area contributed by atoms with Crippen LogP contribution in [0.5, 0.6) is 0 Å². The average Bonchev–Trinajstić information content (AvgIpc) is 2.31. The van der Waals surface area contributed by atoms with Gasteiger partial charge in [-0.2, -0.15) is 0 Å². The van der Waals surface area contributed by atoms with Gasteiger partial charge in [-0.15, -0.1) is 0 Å². The number of aliphatic hydroxyl groups excluding tert-OH is 4. The SMILES string of the molecule is [2H][C@]1(CO)N[C@H](CO)[C@@H](O)[C@@H]1O. The van der Waals surface area contributed by atoms with Gasteiger partial charge in [-0.3, -0.25) is 0 Å². The van der Waals surface area contributed by atoms with Crippen LogP contribution in [0.3, 0.4) is 0 Å². The van der Waals surface area contributed by atoms with Crippen molar-refractivity contribution in [2.75, 3.05) is 13.2 Å². The van der Waals surface area contributed by atoms with Crippen LogP contribution in [0.15, 0.2) is 0 Å². The molecule has 1 aliphatic heterocycles. The zero-order chi connectivity index (χ0) is 9.35. The van der Waals surface area contributed by atoms with Crippen LogP contribution in [0, 0.1) is 0 Å². The van der Waals surface area contributed by atoms with Crippen molar-refractivity contribution in [1.82, 2.24) is 5.32 Å². The first-order valence-electron chi connectivity index (χ1n) is 3.90. The lowest BCUT2D eigenvalue weighted by Crippen LogP contribution is -2.37. The van der Waals surface area contributed by atoms with Crippen molar-refractivity contribution in [3.05, 3.63) is 0 Å². The largest absolute Gasteiger partial charge is 0.395 e. The maximum atomic E-state index is 9.25. The molecule has 1 saturated heterocycles. The van der Waals surface area contributed by atoms with E-state index < -0.39 is 30.9 Å². The first-order chi connectivity index (χ1) is 5.55. The van der Waals surface area contributed by atoms with Crippen LogP contribution in [-0.4, -0.2) is 57.9 Å². The summed E-state index contributed by atoms with van der Waals surface area (Å²) in [6.45, 7) is -0.986. The van der Waals surface area contributed by atoms with Gasteiger partial charge < -0.3 is 25.7 Å². The Balaban J connectivity index is 2.72. The molecule has 0 saturated carbocycles. The fourth-order valence-electron chi connectivity index (χ4n) is 1.13. The number of hydrogen-bond acceptors (Lipinski definition) is 5. The van der Waals surface area contributed by atoms with Crippen molar-refractivity contribution in [2.45, 2.75) is 24.3 Å². The van der Waals surface area contributed by atoms with Gasteiger partial charge >= 0.3 is 0 Å². The summed E-state index contributed by atoms with van der Waals surface area (Å²) in [5, 5.41) is 38.3. The molecular weight excluding hydrogens is 150 g/mol. The quantitative estimate of drug-likeness (QED) is 0.300. The topological polar surface area (TPSA) is 93.0 Å². The van der Waals surface area contributed by atoms with Gasteiger partial charge in [0.15, 0.2) is 0 Å². The minimum Gasteiger partial charge on any atom is -0.395 e. The standard InChI is InChI=1S/C6H13NO4/c8-1-3-5(10)6(11)4(2-9)7-3/h3-11H,1-2H2/t3-,4-,5-,6-/m1/s1/i3D. The normalized spacial score (nSPS) is 52.7. The van der Waals surface area contributed by atoms with Gasteiger partial charge in [-0.1, -0.05) is 0 Å². The smallest absolute Gasteiger partial charge is 0.0990 e. The molecule has 0 bridgehead atoms. The third-order valence-corrected chi connectivity index (χ3v) is 1.83. The van der Waals surface area contributed by atoms with E-state index >= 15 is 0 Å². The second kappa shape index (κ2) is 3.46. The Morgan fingerprint density at radius 2 is 1.82 bits per heavy atom. The third kappa shape index (κ3) is 1.52. The minimum atomic E-state index is -1.66. The molecule has 0 unspecified atom stereocenters. The molecule has 0 radical (unpaired) electrons. The lowest BCUT2D eigenvalue weighted by Gasteiger charge is -2.12. The van der Waals surface area contributed by atoms with Crippen molar-refractivity contribution < 1.29 is 21.8 Å². The van der Waals surface area contributed by atoms with Gasteiger partial charge in [0, 0.05) is 0 Å². The first-order valence-corrected chi connectivity index (χ1v) is 3.40. The van der Waals surface area contributed by atoms with Crippen LogP contribution >= 0.6 is 0 Å². The predicted molar refractivity (Wildman–Crippen MR) is 36.9 cm³/mol. The van der Waals surface area contributed by atoms with Crippen LogP contribution < -0.4 is 5.32 Å². The Bertz CT molecular complexity index is 170. The first kappa shape index (κ1) is 7.45. The fraction of sp³-hybridized carbons (Fsp3) is 1.00. The van der Waals surface area contributed by atoms with Gasteiger partial charge in [0.25, 0.3) is 0 Å². The maximum Gasteiger partial charge on any atom is 0.0990 e. The number of aliphatic hydroxyl groups is 4. The van der Waals surface area contributed by atoms with E-state index in [1.54, 1.807) is 0 Å². The van der Waals surface area contributed by atoms with Crippen LogP contribution in [0.25, 0.3) is 0 Å². The second-order valence-electron chi connectivity index (χ2n) is 2.55. The third-order valence-electron chi connectivity index (χ3n) is 1.83. The van der Waals surface area contributed by atoms with E-state index in [1.165, 1.54) is 0 Å². The number of rotatable bonds is 2. The minimum absolute atomic E-state index is 0.376. The monoisotopic (exact) mass is 164 g/mol. The van der Waals surface area contributed by atoms with Crippen molar-refractivity contribution in [2.24, 2.45) is 0 Å². The molecule has 66 valence electrons. The van der Waals surface area contributed by atoms with Crippen molar-refractivity contribution >= 4 is 0 Å². The van der Waals surface area contributed by atoms with Crippen LogP contribution in [0.1, 0.15) is 1.37 Å². The molecule has 1 fully saturated rings. The van der Waals surface area contributed by atoms with Gasteiger partial charge in [0.05, 0.1) is 38.9 Å². The molecule has 0 aromatic rings. The molecule has 5 nitrogen and oxygen atoms in total. The van der Waals surface area contributed by atoms with Gasteiger partial charge in [-0.25, -0.2) is 0 Å². The van der Waals surface area contributed by atoms with Crippen LogP contribution in [-0.2, 0) is 0 Å². The summed E-state index contributed by atoms with van der Waals surface area (Å²) in [4.78, 5) is 0. The lowest BCUT2D eigenvalue weighted by molar-refractivity contribution is 0.0130. The molecule has 0 aromatic heterocycles. The second-order valence-corrected chi connectivity index (χ2v) is 2.55. The van der Waals surface area contributed by atoms with E-state index in [2.05, 4.69) is 5.32 Å². The molecule has 1 heterocycles. The van der Waals surface area contributed by atoms with E-state index in [9.17, 15) is 10.2 Å². The summed E-state index contributed by atoms with van der Waals surface area (Å²) in [5.41, 5.74) is 0. The molecule has 5 N–H and O–H groups in total. The molecule has 0 amide bonds. The Kier molecular flexibility index (Phi) is 2.35. The van der Waals surface area contributed by atoms with Crippen molar-refractivity contribution in [1.29, 1.82) is 0 Å². The molecule has 0 aliphatic carbocycles. The highest BCUT2D eigenvalue weighted by molar-refractivity contribution is 4.97. The van der Waals surface area contributed by atoms with Gasteiger partial charge in [0.2, 0.25) is 0 Å². The molecule has 0 spiro atoms. The highest BCUT2D eigenvalue weighted by Crippen LogP contribution is 2.13. The van der Waals surface area contributed by atoms with E-state index in [0.717, 1.165) is 0 Å². The summed E-state index contributed by atoms with van der Waals surface area (Å²) >= 11 is 0. The fourth-order valence-corrected chi connectivity index (χ4v) is 1.13. The molecule has 1 aliphatic rings. The molecular formula is C6H13NO4. The Hall–Kier alpha value is -0.200. The number of nitrogens with one attached hydrogen (secondary N) is 1. The summed E-state index contributed by atoms with van der Waals surface area (Å²) in [7, 11) is 0. The maximum absolute atomic E-state index is 9.25. The molecule has 1 rings (SSSR count). The van der Waals surface area contributed by atoms with E-state index in [0.29, 0.717) is 0 Å². The van der Waals surface area contributed by atoms with Gasteiger partial charge in [0.1, 0.15) is 0 Å². The average molecular weight is 164 g/mol. The molecule has 0 aromatic carbocycles. The van der Waals surface area contributed by atoms with Crippen molar-refractivity contribution in [3.8, 4) is 0 Å². The zero-order valence-electron chi connectivity index (χ0n) is 6.94. The van der Waals surface area contributed by atoms with Crippen LogP contribution in [0.4, 0.5) is 0 Å². The van der Waals surface area contributed by atoms with E-state index in [1.807, 2.05) is 0 Å². The summed E-state index contributed by atoms with van der Waals surface area (Å²) in [6.07, 6.45) is -2.58. The van der Waals surface area contributed by atoms with E-state index in [-0.39, 0.29) is 6.61 Å². The highest BCUT2D eigenvalue weighted by Gasteiger charge is 2.39. The number of hydrogen-bond donors (Lipinski definition) is 5.